The van der Waals surface area contributed by atoms with Crippen LogP contribution >= 0.6 is 0 Å². The van der Waals surface area contributed by atoms with Gasteiger partial charge in [-0.2, -0.15) is 0 Å². The first-order chi connectivity index (χ1) is 12.4. The van der Waals surface area contributed by atoms with Gasteiger partial charge < -0.3 is 18.9 Å². The highest BCUT2D eigenvalue weighted by Gasteiger charge is 2.84. The van der Waals surface area contributed by atoms with E-state index in [1.807, 2.05) is 0 Å². The van der Waals surface area contributed by atoms with Gasteiger partial charge in [0.15, 0.2) is 11.6 Å². The summed E-state index contributed by atoms with van der Waals surface area (Å²) >= 11 is 0. The minimum absolute atomic E-state index is 0.315. The zero-order chi connectivity index (χ0) is 17.3. The van der Waals surface area contributed by atoms with Crippen molar-refractivity contribution in [3.05, 3.63) is 12.2 Å². The Bertz CT molecular complexity index is 757. The van der Waals surface area contributed by atoms with Gasteiger partial charge in [-0.15, -0.1) is 0 Å². The molecule has 0 spiro atoms. The molecule has 14 unspecified atom stereocenters. The summed E-state index contributed by atoms with van der Waals surface area (Å²) < 4.78 is 25.5. The van der Waals surface area contributed by atoms with E-state index in [9.17, 15) is 0 Å². The second-order valence-electron chi connectivity index (χ2n) is 11.3. The summed E-state index contributed by atoms with van der Waals surface area (Å²) in [6.45, 7) is 8.36. The van der Waals surface area contributed by atoms with E-state index in [1.54, 1.807) is 0 Å². The molecule has 0 aromatic rings. The molecule has 0 radical (unpaired) electrons. The lowest BCUT2D eigenvalue weighted by Crippen LogP contribution is -2.66. The number of ether oxygens (including phenoxy) is 4. The van der Waals surface area contributed by atoms with E-state index in [1.165, 1.54) is 0 Å². The average molecular weight is 356 g/mol. The molecular weight excluding hydrogens is 328 g/mol. The predicted octanol–water partition coefficient (Wildman–Crippen LogP) is 2.83. The highest BCUT2D eigenvalue weighted by Crippen LogP contribution is 2.82. The third kappa shape index (κ3) is 1.34. The van der Waals surface area contributed by atoms with Crippen LogP contribution in [0, 0.1) is 59.2 Å². The second-order valence-corrected chi connectivity index (χ2v) is 11.3. The Morgan fingerprint density at radius 1 is 0.462 bits per heavy atom. The SMILES string of the molecule is CC1(C)OC2C(O1)C1C3C=CC(C21)C1C3C2C3C4OC(C)(C)OC4C1C32. The number of hydrogen-bond acceptors (Lipinski definition) is 4. The lowest BCUT2D eigenvalue weighted by Gasteiger charge is -2.63. The summed E-state index contributed by atoms with van der Waals surface area (Å²) in [6.07, 6.45) is 6.47. The molecule has 0 amide bonds. The fraction of sp³-hybridized carbons (Fsp3) is 0.909. The van der Waals surface area contributed by atoms with Crippen LogP contribution in [0.15, 0.2) is 12.2 Å². The van der Waals surface area contributed by atoms with Crippen LogP contribution in [0.25, 0.3) is 0 Å². The van der Waals surface area contributed by atoms with Gasteiger partial charge in [0.2, 0.25) is 0 Å². The molecule has 26 heavy (non-hydrogen) atoms. The van der Waals surface area contributed by atoms with Crippen molar-refractivity contribution in [3.8, 4) is 0 Å². The largest absolute Gasteiger partial charge is 0.344 e. The van der Waals surface area contributed by atoms with Crippen molar-refractivity contribution in [1.29, 1.82) is 0 Å². The van der Waals surface area contributed by atoms with E-state index < -0.39 is 11.6 Å². The molecule has 140 valence electrons. The van der Waals surface area contributed by atoms with Crippen molar-refractivity contribution in [3.63, 3.8) is 0 Å². The Labute approximate surface area is 154 Å². The monoisotopic (exact) mass is 356 g/mol. The second kappa shape index (κ2) is 3.85. The van der Waals surface area contributed by atoms with Gasteiger partial charge in [0, 0.05) is 11.8 Å². The Kier molecular flexibility index (Phi) is 2.16. The fourth-order valence-electron chi connectivity index (χ4n) is 9.44. The molecule has 9 rings (SSSR count). The Balaban J connectivity index is 1.20. The van der Waals surface area contributed by atoms with Crippen molar-refractivity contribution in [2.45, 2.75) is 63.7 Å². The van der Waals surface area contributed by atoms with Crippen LogP contribution in [-0.4, -0.2) is 36.0 Å². The summed E-state index contributed by atoms with van der Waals surface area (Å²) in [7, 11) is 0. The fourth-order valence-corrected chi connectivity index (χ4v) is 9.44. The lowest BCUT2D eigenvalue weighted by molar-refractivity contribution is -0.191. The summed E-state index contributed by atoms with van der Waals surface area (Å²) in [5.41, 5.74) is 0. The van der Waals surface area contributed by atoms with Gasteiger partial charge in [-0.25, -0.2) is 0 Å². The zero-order valence-electron chi connectivity index (χ0n) is 15.9. The van der Waals surface area contributed by atoms with Crippen molar-refractivity contribution in [2.24, 2.45) is 59.2 Å². The van der Waals surface area contributed by atoms with Gasteiger partial charge in [0.25, 0.3) is 0 Å². The first-order valence-corrected chi connectivity index (χ1v) is 10.8. The number of allylic oxidation sites excluding steroid dienone is 2. The molecule has 14 atom stereocenters. The topological polar surface area (TPSA) is 36.9 Å². The molecular formula is C22H28O4. The zero-order valence-corrected chi connectivity index (χ0v) is 15.9. The van der Waals surface area contributed by atoms with E-state index in [2.05, 4.69) is 39.8 Å². The molecule has 2 heterocycles. The standard InChI is InChI=1S/C22H28O4/c1-21(2)23-17-11-7-5-6-8(12(11)18(17)24-21)10-9(7)13-14-15(10)19-20(16(13)14)26-22(3,4)25-19/h5-20H,1-4H3. The molecule has 2 aliphatic heterocycles. The van der Waals surface area contributed by atoms with Gasteiger partial charge in [-0.3, -0.25) is 0 Å². The Hall–Kier alpha value is -0.420. The van der Waals surface area contributed by atoms with Gasteiger partial charge in [-0.1, -0.05) is 12.2 Å². The Morgan fingerprint density at radius 3 is 1.31 bits per heavy atom. The minimum Gasteiger partial charge on any atom is -0.344 e. The molecule has 4 heteroatoms. The van der Waals surface area contributed by atoms with E-state index >= 15 is 0 Å². The molecule has 0 N–H and O–H groups in total. The van der Waals surface area contributed by atoms with Crippen LogP contribution in [-0.2, 0) is 18.9 Å². The Morgan fingerprint density at radius 2 is 0.808 bits per heavy atom. The van der Waals surface area contributed by atoms with E-state index in [0.717, 1.165) is 35.5 Å². The number of hydrogen-bond donors (Lipinski definition) is 0. The summed E-state index contributed by atoms with van der Waals surface area (Å²) in [4.78, 5) is 0. The maximum atomic E-state index is 6.46. The molecule has 0 aromatic heterocycles. The van der Waals surface area contributed by atoms with E-state index in [-0.39, 0.29) is 0 Å². The van der Waals surface area contributed by atoms with Crippen molar-refractivity contribution in [2.75, 3.05) is 0 Å². The van der Waals surface area contributed by atoms with Gasteiger partial charge >= 0.3 is 0 Å². The third-order valence-corrected chi connectivity index (χ3v) is 9.59. The summed E-state index contributed by atoms with van der Waals surface area (Å²) in [5, 5.41) is 0. The van der Waals surface area contributed by atoms with Crippen LogP contribution in [0.5, 0.6) is 0 Å². The molecule has 7 fully saturated rings. The van der Waals surface area contributed by atoms with Crippen LogP contribution in [0.2, 0.25) is 0 Å². The highest BCUT2D eigenvalue weighted by atomic mass is 16.8. The third-order valence-electron chi connectivity index (χ3n) is 9.59. The molecule has 5 saturated carbocycles. The first kappa shape index (κ1) is 14.6. The van der Waals surface area contributed by atoms with Gasteiger partial charge in [0.05, 0.1) is 24.4 Å². The number of rotatable bonds is 0. The van der Waals surface area contributed by atoms with Crippen molar-refractivity contribution >= 4 is 0 Å². The maximum Gasteiger partial charge on any atom is 0.163 e. The van der Waals surface area contributed by atoms with Crippen LogP contribution in [0.1, 0.15) is 27.7 Å². The molecule has 9 aliphatic rings. The smallest absolute Gasteiger partial charge is 0.163 e. The molecule has 4 nitrogen and oxygen atoms in total. The van der Waals surface area contributed by atoms with Crippen LogP contribution in [0.3, 0.4) is 0 Å². The van der Waals surface area contributed by atoms with Crippen molar-refractivity contribution in [1.82, 2.24) is 0 Å². The maximum absolute atomic E-state index is 6.46. The van der Waals surface area contributed by atoms with Crippen molar-refractivity contribution < 1.29 is 18.9 Å². The summed E-state index contributed by atoms with van der Waals surface area (Å²) in [5.74, 6) is 6.81. The highest BCUT2D eigenvalue weighted by molar-refractivity contribution is 5.35. The van der Waals surface area contributed by atoms with Gasteiger partial charge in [0.1, 0.15) is 0 Å². The molecule has 0 aromatic carbocycles. The minimum atomic E-state index is -0.403. The quantitative estimate of drug-likeness (QED) is 0.626. The van der Waals surface area contributed by atoms with Gasteiger partial charge in [-0.05, 0) is 75.0 Å². The van der Waals surface area contributed by atoms with E-state index in [4.69, 9.17) is 18.9 Å². The molecule has 7 aliphatic carbocycles. The predicted molar refractivity (Wildman–Crippen MR) is 91.7 cm³/mol. The van der Waals surface area contributed by atoms with Crippen LogP contribution < -0.4 is 0 Å². The lowest BCUT2D eigenvalue weighted by atomic mass is 9.43. The molecule has 2 saturated heterocycles. The van der Waals surface area contributed by atoms with Crippen LogP contribution in [0.4, 0.5) is 0 Å². The normalized spacial score (nSPS) is 70.9. The summed E-state index contributed by atoms with van der Waals surface area (Å²) in [6, 6.07) is 0. The first-order valence-electron chi connectivity index (χ1n) is 10.8. The number of fused-ring (bicyclic) bond motifs is 5. The average Bonchev–Trinajstić information content (AvgIpc) is 2.78. The molecule has 2 bridgehead atoms. The van der Waals surface area contributed by atoms with E-state index in [0.29, 0.717) is 48.1 Å².